The Hall–Kier alpha value is -0.790. The van der Waals surface area contributed by atoms with Crippen molar-refractivity contribution >= 4 is 28.9 Å². The lowest BCUT2D eigenvalue weighted by atomic mass is 10.2. The third-order valence-electron chi connectivity index (χ3n) is 1.60. The van der Waals surface area contributed by atoms with Crippen molar-refractivity contribution < 1.29 is 18.3 Å². The summed E-state index contributed by atoms with van der Waals surface area (Å²) in [6.07, 6.45) is -1.13. The van der Waals surface area contributed by atoms with Crippen molar-refractivity contribution in [2.75, 3.05) is 7.11 Å². The first kappa shape index (κ1) is 11.3. The average molecular weight is 313 g/mol. The third kappa shape index (κ3) is 1.99. The van der Waals surface area contributed by atoms with Crippen molar-refractivity contribution in [3.8, 4) is 5.75 Å². The number of alkyl halides is 2. The van der Waals surface area contributed by atoms with E-state index in [1.54, 1.807) is 22.6 Å². The molecule has 0 aromatic carbocycles. The summed E-state index contributed by atoms with van der Waals surface area (Å²) in [4.78, 5) is 14.1. The van der Waals surface area contributed by atoms with E-state index in [4.69, 9.17) is 4.74 Å². The standard InChI is InChI=1S/C8H6F2INO2/c1-14-5-2-12-4(3-13)7(11)6(5)8(9)10/h2-3,8H,1H3. The van der Waals surface area contributed by atoms with Gasteiger partial charge in [0, 0.05) is 0 Å². The van der Waals surface area contributed by atoms with Crippen LogP contribution in [0, 0.1) is 3.57 Å². The summed E-state index contributed by atoms with van der Waals surface area (Å²) in [6.45, 7) is 0. The highest BCUT2D eigenvalue weighted by atomic mass is 127. The first-order chi connectivity index (χ1) is 6.61. The van der Waals surface area contributed by atoms with E-state index in [9.17, 15) is 13.6 Å². The fourth-order valence-corrected chi connectivity index (χ4v) is 1.72. The second-order valence-corrected chi connectivity index (χ2v) is 3.44. The summed E-state index contributed by atoms with van der Waals surface area (Å²) in [5.74, 6) is -0.00463. The van der Waals surface area contributed by atoms with E-state index in [2.05, 4.69) is 4.98 Å². The van der Waals surface area contributed by atoms with Crippen LogP contribution in [-0.4, -0.2) is 18.4 Å². The number of carbonyl (C=O) groups excluding carboxylic acids is 1. The normalized spacial score (nSPS) is 10.4. The molecule has 1 heterocycles. The highest BCUT2D eigenvalue weighted by Crippen LogP contribution is 2.33. The van der Waals surface area contributed by atoms with Gasteiger partial charge in [-0.05, 0) is 22.6 Å². The molecule has 0 aliphatic carbocycles. The SMILES string of the molecule is COc1cnc(C=O)c(I)c1C(F)F. The van der Waals surface area contributed by atoms with E-state index in [0.717, 1.165) is 6.20 Å². The number of rotatable bonds is 3. The smallest absolute Gasteiger partial charge is 0.268 e. The predicted octanol–water partition coefficient (Wildman–Crippen LogP) is 2.44. The van der Waals surface area contributed by atoms with Crippen LogP contribution >= 0.6 is 22.6 Å². The summed E-state index contributed by atoms with van der Waals surface area (Å²) in [5, 5.41) is 0. The van der Waals surface area contributed by atoms with E-state index in [0.29, 0.717) is 6.29 Å². The molecule has 0 aliphatic rings. The van der Waals surface area contributed by atoms with Crippen molar-refractivity contribution in [1.29, 1.82) is 0 Å². The van der Waals surface area contributed by atoms with Crippen molar-refractivity contribution in [3.05, 3.63) is 21.0 Å². The zero-order valence-electron chi connectivity index (χ0n) is 7.13. The molecule has 1 aromatic heterocycles. The number of carbonyl (C=O) groups is 1. The molecule has 0 saturated heterocycles. The number of aldehydes is 1. The van der Waals surface area contributed by atoms with Gasteiger partial charge in [-0.15, -0.1) is 0 Å². The minimum Gasteiger partial charge on any atom is -0.495 e. The van der Waals surface area contributed by atoms with Gasteiger partial charge in [-0.25, -0.2) is 13.8 Å². The lowest BCUT2D eigenvalue weighted by molar-refractivity contribution is 0.111. The second-order valence-electron chi connectivity index (χ2n) is 2.36. The van der Waals surface area contributed by atoms with Crippen LogP contribution in [0.4, 0.5) is 8.78 Å². The molecule has 0 amide bonds. The van der Waals surface area contributed by atoms with Crippen LogP contribution < -0.4 is 4.74 Å². The molecular weight excluding hydrogens is 307 g/mol. The molecule has 1 rings (SSSR count). The lowest BCUT2D eigenvalue weighted by Gasteiger charge is -2.09. The van der Waals surface area contributed by atoms with Gasteiger partial charge in [0.15, 0.2) is 6.29 Å². The number of hydrogen-bond acceptors (Lipinski definition) is 3. The fourth-order valence-electron chi connectivity index (χ4n) is 0.949. The molecule has 76 valence electrons. The molecule has 0 fully saturated rings. The molecule has 0 spiro atoms. The Morgan fingerprint density at radius 1 is 1.64 bits per heavy atom. The Labute approximate surface area is 92.6 Å². The van der Waals surface area contributed by atoms with Crippen molar-refractivity contribution in [3.63, 3.8) is 0 Å². The highest BCUT2D eigenvalue weighted by Gasteiger charge is 2.20. The van der Waals surface area contributed by atoms with Gasteiger partial charge in [0.05, 0.1) is 22.4 Å². The minimum absolute atomic E-state index is 0.00157. The maximum atomic E-state index is 12.6. The van der Waals surface area contributed by atoms with Gasteiger partial charge in [0.1, 0.15) is 11.4 Å². The summed E-state index contributed by atoms with van der Waals surface area (Å²) in [7, 11) is 1.28. The molecule has 1 aromatic rings. The zero-order chi connectivity index (χ0) is 10.7. The molecule has 14 heavy (non-hydrogen) atoms. The van der Waals surface area contributed by atoms with Crippen LogP contribution in [0.2, 0.25) is 0 Å². The minimum atomic E-state index is -2.68. The summed E-state index contributed by atoms with van der Waals surface area (Å²) >= 11 is 1.65. The Morgan fingerprint density at radius 3 is 2.71 bits per heavy atom. The first-order valence-corrected chi connectivity index (χ1v) is 4.65. The molecule has 0 aliphatic heterocycles. The van der Waals surface area contributed by atoms with Crippen LogP contribution in [0.1, 0.15) is 22.5 Å². The second kappa shape index (κ2) is 4.63. The summed E-state index contributed by atoms with van der Waals surface area (Å²) < 4.78 is 30.0. The van der Waals surface area contributed by atoms with E-state index in [-0.39, 0.29) is 20.6 Å². The maximum absolute atomic E-state index is 12.6. The van der Waals surface area contributed by atoms with Crippen LogP contribution in [0.3, 0.4) is 0 Å². The number of nitrogens with zero attached hydrogens (tertiary/aromatic N) is 1. The van der Waals surface area contributed by atoms with Crippen LogP contribution in [0.25, 0.3) is 0 Å². The average Bonchev–Trinajstić information content (AvgIpc) is 2.16. The molecule has 0 bridgehead atoms. The van der Waals surface area contributed by atoms with Crippen molar-refractivity contribution in [2.45, 2.75) is 6.43 Å². The van der Waals surface area contributed by atoms with E-state index >= 15 is 0 Å². The first-order valence-electron chi connectivity index (χ1n) is 3.57. The fraction of sp³-hybridized carbons (Fsp3) is 0.250. The molecule has 0 saturated carbocycles. The largest absolute Gasteiger partial charge is 0.495 e. The molecular formula is C8H6F2INO2. The Morgan fingerprint density at radius 2 is 2.29 bits per heavy atom. The molecule has 0 N–H and O–H groups in total. The maximum Gasteiger partial charge on any atom is 0.268 e. The monoisotopic (exact) mass is 313 g/mol. The van der Waals surface area contributed by atoms with Crippen LogP contribution in [0.5, 0.6) is 5.75 Å². The summed E-state index contributed by atoms with van der Waals surface area (Å²) in [6, 6.07) is 0. The third-order valence-corrected chi connectivity index (χ3v) is 2.73. The van der Waals surface area contributed by atoms with Gasteiger partial charge < -0.3 is 4.74 Å². The molecule has 0 unspecified atom stereocenters. The number of ether oxygens (including phenoxy) is 1. The van der Waals surface area contributed by atoms with Crippen LogP contribution in [-0.2, 0) is 0 Å². The van der Waals surface area contributed by atoms with Gasteiger partial charge >= 0.3 is 0 Å². The van der Waals surface area contributed by atoms with E-state index in [1.165, 1.54) is 7.11 Å². The number of hydrogen-bond donors (Lipinski definition) is 0. The van der Waals surface area contributed by atoms with Gasteiger partial charge in [0.25, 0.3) is 6.43 Å². The molecule has 0 atom stereocenters. The zero-order valence-corrected chi connectivity index (χ0v) is 9.29. The van der Waals surface area contributed by atoms with Crippen LogP contribution in [0.15, 0.2) is 6.20 Å². The topological polar surface area (TPSA) is 39.2 Å². The van der Waals surface area contributed by atoms with Crippen molar-refractivity contribution in [2.24, 2.45) is 0 Å². The molecule has 3 nitrogen and oxygen atoms in total. The van der Waals surface area contributed by atoms with Gasteiger partial charge in [0.2, 0.25) is 0 Å². The Kier molecular flexibility index (Phi) is 3.73. The van der Waals surface area contributed by atoms with Gasteiger partial charge in [-0.3, -0.25) is 4.79 Å². The Bertz CT molecular complexity index is 357. The van der Waals surface area contributed by atoms with Gasteiger partial charge in [-0.2, -0.15) is 0 Å². The number of methoxy groups -OCH3 is 1. The lowest BCUT2D eigenvalue weighted by Crippen LogP contribution is -2.02. The predicted molar refractivity (Wildman–Crippen MR) is 53.9 cm³/mol. The highest BCUT2D eigenvalue weighted by molar-refractivity contribution is 14.1. The number of halogens is 3. The number of pyridine rings is 1. The van der Waals surface area contributed by atoms with Gasteiger partial charge in [-0.1, -0.05) is 0 Å². The van der Waals surface area contributed by atoms with E-state index < -0.39 is 6.43 Å². The molecule has 6 heteroatoms. The Balaban J connectivity index is 3.38. The quantitative estimate of drug-likeness (QED) is 0.635. The summed E-state index contributed by atoms with van der Waals surface area (Å²) in [5.41, 5.74) is -0.285. The van der Waals surface area contributed by atoms with Crippen molar-refractivity contribution in [1.82, 2.24) is 4.98 Å². The van der Waals surface area contributed by atoms with E-state index in [1.807, 2.05) is 0 Å². The molecule has 0 radical (unpaired) electrons. The number of aromatic nitrogens is 1.